The SMILES string of the molecule is CCC1(c2ccc(C#N)cc2)NC(=O)NC1=O. The zero-order valence-corrected chi connectivity index (χ0v) is 9.28. The number of amides is 3. The molecule has 3 amide bonds. The summed E-state index contributed by atoms with van der Waals surface area (Å²) in [6.45, 7) is 1.82. The lowest BCUT2D eigenvalue weighted by Crippen LogP contribution is -2.43. The van der Waals surface area contributed by atoms with Gasteiger partial charge in [-0.2, -0.15) is 5.26 Å². The minimum Gasteiger partial charge on any atom is -0.319 e. The van der Waals surface area contributed by atoms with Gasteiger partial charge in [-0.05, 0) is 24.1 Å². The van der Waals surface area contributed by atoms with Gasteiger partial charge in [0.1, 0.15) is 5.54 Å². The van der Waals surface area contributed by atoms with Gasteiger partial charge in [-0.25, -0.2) is 4.79 Å². The summed E-state index contributed by atoms with van der Waals surface area (Å²) >= 11 is 0. The minimum absolute atomic E-state index is 0.352. The molecule has 17 heavy (non-hydrogen) atoms. The molecule has 1 aromatic carbocycles. The highest BCUT2D eigenvalue weighted by Crippen LogP contribution is 2.28. The van der Waals surface area contributed by atoms with Gasteiger partial charge in [0.15, 0.2) is 0 Å². The van der Waals surface area contributed by atoms with E-state index in [1.54, 1.807) is 24.3 Å². The van der Waals surface area contributed by atoms with Crippen LogP contribution >= 0.6 is 0 Å². The Morgan fingerprint density at radius 1 is 1.29 bits per heavy atom. The first-order chi connectivity index (χ1) is 8.12. The van der Waals surface area contributed by atoms with Gasteiger partial charge in [-0.15, -0.1) is 0 Å². The van der Waals surface area contributed by atoms with Gasteiger partial charge in [-0.1, -0.05) is 19.1 Å². The van der Waals surface area contributed by atoms with Crippen LogP contribution < -0.4 is 10.6 Å². The van der Waals surface area contributed by atoms with Gasteiger partial charge in [0, 0.05) is 0 Å². The lowest BCUT2D eigenvalue weighted by atomic mass is 9.87. The Morgan fingerprint density at radius 3 is 2.35 bits per heavy atom. The molecule has 5 nitrogen and oxygen atoms in total. The van der Waals surface area contributed by atoms with Crippen molar-refractivity contribution in [1.29, 1.82) is 5.26 Å². The Morgan fingerprint density at radius 2 is 1.94 bits per heavy atom. The predicted octanol–water partition coefficient (Wildman–Crippen LogP) is 1.00. The van der Waals surface area contributed by atoms with Crippen molar-refractivity contribution in [3.05, 3.63) is 35.4 Å². The molecule has 1 saturated heterocycles. The number of carbonyl (C=O) groups excluding carboxylic acids is 2. The summed E-state index contributed by atoms with van der Waals surface area (Å²) in [6, 6.07) is 8.16. The summed E-state index contributed by atoms with van der Waals surface area (Å²) in [5.74, 6) is -0.352. The summed E-state index contributed by atoms with van der Waals surface area (Å²) in [7, 11) is 0. The number of imide groups is 1. The normalized spacial score (nSPS) is 22.8. The van der Waals surface area contributed by atoms with Crippen molar-refractivity contribution in [2.45, 2.75) is 18.9 Å². The molecule has 5 heteroatoms. The smallest absolute Gasteiger partial charge is 0.319 e. The summed E-state index contributed by atoms with van der Waals surface area (Å²) in [4.78, 5) is 23.1. The van der Waals surface area contributed by atoms with E-state index in [0.29, 0.717) is 17.5 Å². The van der Waals surface area contributed by atoms with E-state index in [1.165, 1.54) is 0 Å². The second-order valence-corrected chi connectivity index (χ2v) is 3.86. The monoisotopic (exact) mass is 229 g/mol. The van der Waals surface area contributed by atoms with E-state index < -0.39 is 11.6 Å². The lowest BCUT2D eigenvalue weighted by Gasteiger charge is -2.24. The third-order valence-electron chi connectivity index (χ3n) is 2.98. The number of benzene rings is 1. The van der Waals surface area contributed by atoms with Crippen molar-refractivity contribution in [3.63, 3.8) is 0 Å². The molecule has 1 fully saturated rings. The molecule has 1 aromatic rings. The maximum Gasteiger partial charge on any atom is 0.322 e. The highest BCUT2D eigenvalue weighted by Gasteiger charge is 2.45. The highest BCUT2D eigenvalue weighted by atomic mass is 16.2. The van der Waals surface area contributed by atoms with Crippen molar-refractivity contribution in [3.8, 4) is 6.07 Å². The van der Waals surface area contributed by atoms with E-state index in [0.717, 1.165) is 0 Å². The molecule has 0 radical (unpaired) electrons. The minimum atomic E-state index is -1.01. The zero-order valence-electron chi connectivity index (χ0n) is 9.28. The van der Waals surface area contributed by atoms with Gasteiger partial charge in [-0.3, -0.25) is 10.1 Å². The average Bonchev–Trinajstić information content (AvgIpc) is 2.65. The molecule has 2 N–H and O–H groups in total. The first-order valence-electron chi connectivity index (χ1n) is 5.26. The second-order valence-electron chi connectivity index (χ2n) is 3.86. The molecule has 1 unspecified atom stereocenters. The van der Waals surface area contributed by atoms with Crippen LogP contribution in [0.15, 0.2) is 24.3 Å². The maximum absolute atomic E-state index is 11.8. The Kier molecular flexibility index (Phi) is 2.56. The Bertz CT molecular complexity index is 516. The molecule has 1 atom stereocenters. The largest absolute Gasteiger partial charge is 0.322 e. The number of rotatable bonds is 2. The molecule has 1 aliphatic heterocycles. The quantitative estimate of drug-likeness (QED) is 0.742. The highest BCUT2D eigenvalue weighted by molar-refractivity contribution is 6.07. The number of nitrogens with one attached hydrogen (secondary N) is 2. The Hall–Kier alpha value is -2.35. The van der Waals surface area contributed by atoms with Crippen molar-refractivity contribution in [2.24, 2.45) is 0 Å². The topological polar surface area (TPSA) is 82.0 Å². The number of urea groups is 1. The van der Waals surface area contributed by atoms with Crippen LogP contribution in [0.5, 0.6) is 0 Å². The van der Waals surface area contributed by atoms with Crippen LogP contribution in [0.3, 0.4) is 0 Å². The van der Waals surface area contributed by atoms with E-state index in [2.05, 4.69) is 10.6 Å². The average molecular weight is 229 g/mol. The van der Waals surface area contributed by atoms with Crippen molar-refractivity contribution in [2.75, 3.05) is 0 Å². The van der Waals surface area contributed by atoms with E-state index in [4.69, 9.17) is 5.26 Å². The molecule has 0 saturated carbocycles. The summed E-state index contributed by atoms with van der Waals surface area (Å²) < 4.78 is 0. The van der Waals surface area contributed by atoms with Gasteiger partial charge < -0.3 is 5.32 Å². The first-order valence-corrected chi connectivity index (χ1v) is 5.26. The van der Waals surface area contributed by atoms with Gasteiger partial charge >= 0.3 is 6.03 Å². The summed E-state index contributed by atoms with van der Waals surface area (Å²) in [6.07, 6.45) is 0.455. The van der Waals surface area contributed by atoms with Gasteiger partial charge in [0.25, 0.3) is 5.91 Å². The molecule has 0 aliphatic carbocycles. The third-order valence-corrected chi connectivity index (χ3v) is 2.98. The van der Waals surface area contributed by atoms with E-state index in [9.17, 15) is 9.59 Å². The molecular formula is C12H11N3O2. The summed E-state index contributed by atoms with van der Waals surface area (Å²) in [5.41, 5.74) is 0.192. The fourth-order valence-corrected chi connectivity index (χ4v) is 1.98. The number of carbonyl (C=O) groups is 2. The molecule has 1 aliphatic rings. The Labute approximate surface area is 98.4 Å². The van der Waals surface area contributed by atoms with Crippen LogP contribution in [-0.2, 0) is 10.3 Å². The number of hydrogen-bond donors (Lipinski definition) is 2. The van der Waals surface area contributed by atoms with E-state index >= 15 is 0 Å². The molecule has 1 heterocycles. The molecular weight excluding hydrogens is 218 g/mol. The van der Waals surface area contributed by atoms with Gasteiger partial charge in [0.2, 0.25) is 0 Å². The standard InChI is InChI=1S/C12H11N3O2/c1-2-12(10(16)14-11(17)15-12)9-5-3-8(7-13)4-6-9/h3-6H,2H2,1H3,(H2,14,15,16,17). The van der Waals surface area contributed by atoms with Crippen LogP contribution in [-0.4, -0.2) is 11.9 Å². The van der Waals surface area contributed by atoms with E-state index in [1.807, 2.05) is 13.0 Å². The number of nitrogens with zero attached hydrogens (tertiary/aromatic N) is 1. The molecule has 0 aromatic heterocycles. The van der Waals surface area contributed by atoms with Crippen LogP contribution in [0, 0.1) is 11.3 Å². The van der Waals surface area contributed by atoms with Crippen LogP contribution in [0.25, 0.3) is 0 Å². The third kappa shape index (κ3) is 1.64. The number of nitriles is 1. The van der Waals surface area contributed by atoms with Crippen molar-refractivity contribution in [1.82, 2.24) is 10.6 Å². The molecule has 0 bridgehead atoms. The lowest BCUT2D eigenvalue weighted by molar-refractivity contribution is -0.124. The maximum atomic E-state index is 11.8. The molecule has 0 spiro atoms. The Balaban J connectivity index is 2.45. The van der Waals surface area contributed by atoms with Crippen LogP contribution in [0.2, 0.25) is 0 Å². The van der Waals surface area contributed by atoms with E-state index in [-0.39, 0.29) is 5.91 Å². The predicted molar refractivity (Wildman–Crippen MR) is 59.8 cm³/mol. The first kappa shape index (κ1) is 11.1. The molecule has 2 rings (SSSR count). The van der Waals surface area contributed by atoms with Crippen molar-refractivity contribution < 1.29 is 9.59 Å². The van der Waals surface area contributed by atoms with Crippen molar-refractivity contribution >= 4 is 11.9 Å². The fraction of sp³-hybridized carbons (Fsp3) is 0.250. The van der Waals surface area contributed by atoms with Crippen LogP contribution in [0.1, 0.15) is 24.5 Å². The van der Waals surface area contributed by atoms with Crippen LogP contribution in [0.4, 0.5) is 4.79 Å². The second kappa shape index (κ2) is 3.91. The van der Waals surface area contributed by atoms with Gasteiger partial charge in [0.05, 0.1) is 11.6 Å². The number of hydrogen-bond acceptors (Lipinski definition) is 3. The fourth-order valence-electron chi connectivity index (χ4n) is 1.98. The summed E-state index contributed by atoms with van der Waals surface area (Å²) in [5, 5.41) is 13.6. The molecule has 86 valence electrons. The zero-order chi connectivity index (χ0) is 12.5.